The molecule has 6 heteroatoms. The third-order valence-corrected chi connectivity index (χ3v) is 1.59. The van der Waals surface area contributed by atoms with Gasteiger partial charge in [0.15, 0.2) is 0 Å². The fraction of sp³-hybridized carbons (Fsp3) is 0.333. The van der Waals surface area contributed by atoms with Crippen molar-refractivity contribution in [1.29, 1.82) is 5.26 Å². The average molecular weight is 206 g/mol. The van der Waals surface area contributed by atoms with Crippen molar-refractivity contribution in [2.75, 3.05) is 11.9 Å². The second-order valence-electron chi connectivity index (χ2n) is 2.90. The van der Waals surface area contributed by atoms with Gasteiger partial charge in [-0.2, -0.15) is 5.26 Å². The lowest BCUT2D eigenvalue weighted by atomic mass is 10.3. The summed E-state index contributed by atoms with van der Waals surface area (Å²) in [5.74, 6) is -0.608. The normalized spacial score (nSPS) is 9.33. The van der Waals surface area contributed by atoms with Gasteiger partial charge in [0.25, 0.3) is 0 Å². The van der Waals surface area contributed by atoms with Crippen molar-refractivity contribution in [2.24, 2.45) is 0 Å². The van der Waals surface area contributed by atoms with Crippen molar-refractivity contribution in [2.45, 2.75) is 13.3 Å². The van der Waals surface area contributed by atoms with E-state index in [0.717, 1.165) is 0 Å². The minimum atomic E-state index is -0.893. The molecule has 0 saturated heterocycles. The highest BCUT2D eigenvalue weighted by Crippen LogP contribution is 2.03. The summed E-state index contributed by atoms with van der Waals surface area (Å²) in [6.45, 7) is 1.98. The van der Waals surface area contributed by atoms with Crippen molar-refractivity contribution in [3.63, 3.8) is 0 Å². The summed E-state index contributed by atoms with van der Waals surface area (Å²) in [7, 11) is 0. The largest absolute Gasteiger partial charge is 0.481 e. The molecule has 0 saturated carbocycles. The number of aliphatic carboxylic acids is 1. The van der Waals surface area contributed by atoms with Crippen molar-refractivity contribution in [1.82, 2.24) is 9.97 Å². The Bertz CT molecular complexity index is 411. The first-order chi connectivity index (χ1) is 7.11. The van der Waals surface area contributed by atoms with E-state index in [9.17, 15) is 4.79 Å². The molecule has 0 amide bonds. The van der Waals surface area contributed by atoms with Crippen LogP contribution >= 0.6 is 0 Å². The number of hydrogen-bond donors (Lipinski definition) is 2. The highest BCUT2D eigenvalue weighted by molar-refractivity contribution is 5.67. The van der Waals surface area contributed by atoms with Gasteiger partial charge in [-0.15, -0.1) is 0 Å². The summed E-state index contributed by atoms with van der Waals surface area (Å²) in [6, 6.07) is 3.46. The zero-order valence-corrected chi connectivity index (χ0v) is 8.19. The molecule has 0 radical (unpaired) electrons. The van der Waals surface area contributed by atoms with E-state index in [1.54, 1.807) is 13.0 Å². The Hall–Kier alpha value is -2.16. The smallest absolute Gasteiger partial charge is 0.305 e. The van der Waals surface area contributed by atoms with E-state index in [1.165, 1.54) is 0 Å². The van der Waals surface area contributed by atoms with E-state index < -0.39 is 5.97 Å². The van der Waals surface area contributed by atoms with Gasteiger partial charge in [0, 0.05) is 12.2 Å². The van der Waals surface area contributed by atoms with E-state index in [0.29, 0.717) is 5.69 Å². The van der Waals surface area contributed by atoms with E-state index in [1.807, 2.05) is 6.07 Å². The minimum absolute atomic E-state index is 0.0147. The molecule has 0 aliphatic rings. The molecule has 0 aliphatic heterocycles. The zero-order chi connectivity index (χ0) is 11.3. The minimum Gasteiger partial charge on any atom is -0.481 e. The lowest BCUT2D eigenvalue weighted by molar-refractivity contribution is -0.136. The van der Waals surface area contributed by atoms with Crippen LogP contribution in [0, 0.1) is 18.3 Å². The summed E-state index contributed by atoms with van der Waals surface area (Å²) in [5.41, 5.74) is 0.930. The van der Waals surface area contributed by atoms with Gasteiger partial charge < -0.3 is 10.4 Å². The quantitative estimate of drug-likeness (QED) is 0.746. The molecule has 0 fully saturated rings. The molecule has 0 unspecified atom stereocenters. The van der Waals surface area contributed by atoms with Crippen LogP contribution in [0.15, 0.2) is 6.07 Å². The zero-order valence-electron chi connectivity index (χ0n) is 8.19. The fourth-order valence-electron chi connectivity index (χ4n) is 0.986. The molecule has 0 spiro atoms. The Balaban J connectivity index is 2.65. The van der Waals surface area contributed by atoms with Crippen LogP contribution in [-0.2, 0) is 4.79 Å². The predicted octanol–water partition coefficient (Wildman–Crippen LogP) is 0.543. The molecule has 15 heavy (non-hydrogen) atoms. The lowest BCUT2D eigenvalue weighted by Gasteiger charge is -2.03. The van der Waals surface area contributed by atoms with E-state index in [4.69, 9.17) is 10.4 Å². The second-order valence-corrected chi connectivity index (χ2v) is 2.90. The molecule has 0 aliphatic carbocycles. The van der Waals surface area contributed by atoms with Gasteiger partial charge >= 0.3 is 5.97 Å². The molecule has 1 aromatic rings. The van der Waals surface area contributed by atoms with Crippen LogP contribution in [0.1, 0.15) is 17.8 Å². The van der Waals surface area contributed by atoms with Crippen LogP contribution in [-0.4, -0.2) is 27.6 Å². The van der Waals surface area contributed by atoms with Crippen LogP contribution < -0.4 is 5.32 Å². The van der Waals surface area contributed by atoms with Crippen LogP contribution in [0.5, 0.6) is 0 Å². The molecule has 2 N–H and O–H groups in total. The molecule has 78 valence electrons. The van der Waals surface area contributed by atoms with Gasteiger partial charge in [-0.25, -0.2) is 9.97 Å². The van der Waals surface area contributed by atoms with Crippen LogP contribution in [0.2, 0.25) is 0 Å². The third-order valence-electron chi connectivity index (χ3n) is 1.59. The van der Waals surface area contributed by atoms with Crippen molar-refractivity contribution >= 4 is 11.9 Å². The maximum atomic E-state index is 10.2. The molecule has 1 rings (SSSR count). The Kier molecular flexibility index (Phi) is 3.57. The number of carboxylic acids is 1. The number of carbonyl (C=O) groups is 1. The average Bonchev–Trinajstić information content (AvgIpc) is 2.16. The maximum absolute atomic E-state index is 10.2. The van der Waals surface area contributed by atoms with E-state index >= 15 is 0 Å². The van der Waals surface area contributed by atoms with Gasteiger partial charge in [0.1, 0.15) is 11.8 Å². The first-order valence-corrected chi connectivity index (χ1v) is 4.33. The van der Waals surface area contributed by atoms with Gasteiger partial charge in [0.2, 0.25) is 5.95 Å². The number of rotatable bonds is 4. The molecule has 1 heterocycles. The van der Waals surface area contributed by atoms with Crippen molar-refractivity contribution in [3.05, 3.63) is 17.5 Å². The SMILES string of the molecule is Cc1cc(C#N)nc(NCCC(=O)O)n1. The van der Waals surface area contributed by atoms with Crippen LogP contribution in [0.25, 0.3) is 0 Å². The Morgan fingerprint density at radius 3 is 3.00 bits per heavy atom. The highest BCUT2D eigenvalue weighted by atomic mass is 16.4. The van der Waals surface area contributed by atoms with E-state index in [2.05, 4.69) is 15.3 Å². The maximum Gasteiger partial charge on any atom is 0.305 e. The number of aryl methyl sites for hydroxylation is 1. The lowest BCUT2D eigenvalue weighted by Crippen LogP contribution is -2.10. The first-order valence-electron chi connectivity index (χ1n) is 4.33. The Morgan fingerprint density at radius 2 is 2.40 bits per heavy atom. The highest BCUT2D eigenvalue weighted by Gasteiger charge is 2.02. The van der Waals surface area contributed by atoms with Crippen LogP contribution in [0.3, 0.4) is 0 Å². The standard InChI is InChI=1S/C9H10N4O2/c1-6-4-7(5-10)13-9(12-6)11-3-2-8(14)15/h4H,2-3H2,1H3,(H,14,15)(H,11,12,13). The number of carboxylic acid groups (broad SMARTS) is 1. The predicted molar refractivity (Wildman–Crippen MR) is 52.2 cm³/mol. The number of nitrogens with zero attached hydrogens (tertiary/aromatic N) is 3. The van der Waals surface area contributed by atoms with Crippen molar-refractivity contribution in [3.8, 4) is 6.07 Å². The third kappa shape index (κ3) is 3.60. The summed E-state index contributed by atoms with van der Waals surface area (Å²) in [5, 5.41) is 19.8. The number of anilines is 1. The number of hydrogen-bond acceptors (Lipinski definition) is 5. The summed E-state index contributed by atoms with van der Waals surface area (Å²) >= 11 is 0. The molecular formula is C9H10N4O2. The van der Waals surface area contributed by atoms with Crippen LogP contribution in [0.4, 0.5) is 5.95 Å². The second kappa shape index (κ2) is 4.91. The molecule has 1 aromatic heterocycles. The van der Waals surface area contributed by atoms with Gasteiger partial charge in [0.05, 0.1) is 6.42 Å². The molecule has 0 aromatic carbocycles. The Labute approximate surface area is 86.6 Å². The fourth-order valence-corrected chi connectivity index (χ4v) is 0.986. The molecular weight excluding hydrogens is 196 g/mol. The number of aromatic nitrogens is 2. The van der Waals surface area contributed by atoms with E-state index in [-0.39, 0.29) is 24.6 Å². The number of nitriles is 1. The molecule has 0 atom stereocenters. The van der Waals surface area contributed by atoms with Gasteiger partial charge in [-0.3, -0.25) is 4.79 Å². The van der Waals surface area contributed by atoms with Crippen molar-refractivity contribution < 1.29 is 9.90 Å². The van der Waals surface area contributed by atoms with Gasteiger partial charge in [-0.05, 0) is 13.0 Å². The summed E-state index contributed by atoms with van der Waals surface area (Å²) in [6.07, 6.45) is -0.0147. The summed E-state index contributed by atoms with van der Waals surface area (Å²) in [4.78, 5) is 18.1. The first kappa shape index (κ1) is 10.9. The topological polar surface area (TPSA) is 98.9 Å². The number of nitrogens with one attached hydrogen (secondary N) is 1. The summed E-state index contributed by atoms with van der Waals surface area (Å²) < 4.78 is 0. The monoisotopic (exact) mass is 206 g/mol. The molecule has 6 nitrogen and oxygen atoms in total. The Morgan fingerprint density at radius 1 is 1.67 bits per heavy atom. The molecule has 0 bridgehead atoms. The van der Waals surface area contributed by atoms with Gasteiger partial charge in [-0.1, -0.05) is 0 Å².